The maximum absolute atomic E-state index is 12.0. The fraction of sp³-hybridized carbons (Fsp3) is 0.833. The van der Waals surface area contributed by atoms with E-state index >= 15 is 0 Å². The van der Waals surface area contributed by atoms with Crippen LogP contribution in [-0.2, 0) is 4.79 Å². The first-order valence-electron chi connectivity index (χ1n) is 6.38. The summed E-state index contributed by atoms with van der Waals surface area (Å²) in [7, 11) is 0. The van der Waals surface area contributed by atoms with Gasteiger partial charge in [0.25, 0.3) is 0 Å². The van der Waals surface area contributed by atoms with Crippen LogP contribution in [0.2, 0.25) is 0 Å². The number of rotatable bonds is 2. The molecule has 2 amide bonds. The van der Waals surface area contributed by atoms with Gasteiger partial charge in [-0.3, -0.25) is 0 Å². The minimum atomic E-state index is -1.04. The predicted molar refractivity (Wildman–Crippen MR) is 64.2 cm³/mol. The lowest BCUT2D eigenvalue weighted by atomic mass is 9.98. The van der Waals surface area contributed by atoms with E-state index in [-0.39, 0.29) is 6.03 Å². The zero-order valence-corrected chi connectivity index (χ0v) is 10.6. The van der Waals surface area contributed by atoms with E-state index in [2.05, 4.69) is 5.32 Å². The summed E-state index contributed by atoms with van der Waals surface area (Å²) < 4.78 is 0. The molecule has 6 heteroatoms. The molecule has 0 spiro atoms. The molecule has 2 fully saturated rings. The number of nitrogens with one attached hydrogen (secondary N) is 1. The van der Waals surface area contributed by atoms with Gasteiger partial charge >= 0.3 is 12.0 Å². The molecule has 2 aliphatic rings. The molecule has 1 unspecified atom stereocenters. The van der Waals surface area contributed by atoms with E-state index in [9.17, 15) is 14.7 Å². The molecule has 1 heterocycles. The number of urea groups is 1. The molecule has 1 aliphatic heterocycles. The van der Waals surface area contributed by atoms with Gasteiger partial charge in [0, 0.05) is 13.1 Å². The van der Waals surface area contributed by atoms with Gasteiger partial charge in [0.15, 0.2) is 0 Å². The molecule has 0 radical (unpaired) electrons. The number of aliphatic hydroxyl groups is 1. The highest BCUT2D eigenvalue weighted by Crippen LogP contribution is 2.35. The third-order valence-electron chi connectivity index (χ3n) is 3.86. The Hall–Kier alpha value is -1.30. The molecule has 0 aromatic rings. The van der Waals surface area contributed by atoms with Crippen molar-refractivity contribution in [3.63, 3.8) is 0 Å². The Kier molecular flexibility index (Phi) is 3.23. The first-order chi connectivity index (χ1) is 8.35. The van der Waals surface area contributed by atoms with Crippen LogP contribution in [0.1, 0.15) is 39.0 Å². The molecule has 0 bridgehead atoms. The summed E-state index contributed by atoms with van der Waals surface area (Å²) in [6.45, 7) is 2.81. The van der Waals surface area contributed by atoms with Gasteiger partial charge in [-0.2, -0.15) is 0 Å². The Morgan fingerprint density at radius 2 is 1.83 bits per heavy atom. The minimum absolute atomic E-state index is 0.326. The Labute approximate surface area is 106 Å². The van der Waals surface area contributed by atoms with Gasteiger partial charge in [-0.05, 0) is 39.0 Å². The number of aliphatic carboxylic acids is 1. The summed E-state index contributed by atoms with van der Waals surface area (Å²) in [5.74, 6) is -0.960. The van der Waals surface area contributed by atoms with Crippen LogP contribution >= 0.6 is 0 Å². The number of carbonyl (C=O) groups excluding carboxylic acids is 1. The van der Waals surface area contributed by atoms with Gasteiger partial charge in [-0.15, -0.1) is 0 Å². The van der Waals surface area contributed by atoms with Gasteiger partial charge in [0.05, 0.1) is 5.60 Å². The van der Waals surface area contributed by atoms with Crippen LogP contribution in [0.5, 0.6) is 0 Å². The molecule has 18 heavy (non-hydrogen) atoms. The maximum Gasteiger partial charge on any atom is 0.329 e. The average Bonchev–Trinajstić information content (AvgIpc) is 3.04. The molecular formula is C12H20N2O4. The highest BCUT2D eigenvalue weighted by atomic mass is 16.4. The average molecular weight is 256 g/mol. The molecule has 0 aromatic carbocycles. The summed E-state index contributed by atoms with van der Waals surface area (Å²) in [6.07, 6.45) is 2.93. The molecule has 1 saturated heterocycles. The van der Waals surface area contributed by atoms with Crippen LogP contribution in [0.15, 0.2) is 0 Å². The van der Waals surface area contributed by atoms with Crippen molar-refractivity contribution in [3.05, 3.63) is 0 Å². The van der Waals surface area contributed by atoms with Crippen molar-refractivity contribution >= 4 is 12.0 Å². The first-order valence-corrected chi connectivity index (χ1v) is 6.38. The second-order valence-corrected chi connectivity index (χ2v) is 5.65. The number of carboxylic acid groups (broad SMARTS) is 1. The quantitative estimate of drug-likeness (QED) is 0.673. The van der Waals surface area contributed by atoms with Crippen molar-refractivity contribution in [2.45, 2.75) is 50.2 Å². The zero-order chi connectivity index (χ0) is 13.4. The third kappa shape index (κ3) is 2.75. The van der Waals surface area contributed by atoms with Gasteiger partial charge < -0.3 is 20.4 Å². The van der Waals surface area contributed by atoms with E-state index in [1.54, 1.807) is 11.8 Å². The smallest absolute Gasteiger partial charge is 0.329 e. The maximum atomic E-state index is 12.0. The minimum Gasteiger partial charge on any atom is -0.480 e. The SMILES string of the molecule is CC1(O)CCCN(C(=O)NC2(C(=O)O)CC2)CC1. The number of amides is 2. The molecule has 2 rings (SSSR count). The van der Waals surface area contributed by atoms with Crippen LogP contribution in [-0.4, -0.2) is 51.3 Å². The standard InChI is InChI=1S/C12H20N2O4/c1-11(18)3-2-7-14(8-6-11)10(17)13-12(4-5-12)9(15)16/h18H,2-8H2,1H3,(H,13,17)(H,15,16). The molecule has 3 N–H and O–H groups in total. The van der Waals surface area contributed by atoms with Gasteiger partial charge in [-0.1, -0.05) is 0 Å². The lowest BCUT2D eigenvalue weighted by Gasteiger charge is -2.24. The predicted octanol–water partition coefficient (Wildman–Crippen LogP) is 0.550. The van der Waals surface area contributed by atoms with Crippen molar-refractivity contribution in [2.75, 3.05) is 13.1 Å². The Balaban J connectivity index is 1.92. The summed E-state index contributed by atoms with van der Waals surface area (Å²) in [5.41, 5.74) is -1.76. The van der Waals surface area contributed by atoms with Gasteiger partial charge in [-0.25, -0.2) is 9.59 Å². The van der Waals surface area contributed by atoms with Crippen molar-refractivity contribution in [1.82, 2.24) is 10.2 Å². The van der Waals surface area contributed by atoms with Crippen LogP contribution in [0.3, 0.4) is 0 Å². The second-order valence-electron chi connectivity index (χ2n) is 5.65. The fourth-order valence-electron chi connectivity index (χ4n) is 2.27. The third-order valence-corrected chi connectivity index (χ3v) is 3.86. The Bertz CT molecular complexity index is 363. The Morgan fingerprint density at radius 1 is 1.17 bits per heavy atom. The number of carbonyl (C=O) groups is 2. The number of nitrogens with zero attached hydrogens (tertiary/aromatic N) is 1. The summed E-state index contributed by atoms with van der Waals surface area (Å²) in [4.78, 5) is 24.6. The molecule has 0 aromatic heterocycles. The number of hydrogen-bond donors (Lipinski definition) is 3. The fourth-order valence-corrected chi connectivity index (χ4v) is 2.27. The van der Waals surface area contributed by atoms with Crippen molar-refractivity contribution < 1.29 is 19.8 Å². The van der Waals surface area contributed by atoms with Crippen molar-refractivity contribution in [3.8, 4) is 0 Å². The van der Waals surface area contributed by atoms with Crippen LogP contribution in [0, 0.1) is 0 Å². The van der Waals surface area contributed by atoms with Crippen LogP contribution in [0.25, 0.3) is 0 Å². The summed E-state index contributed by atoms with van der Waals surface area (Å²) in [6, 6.07) is -0.326. The summed E-state index contributed by atoms with van der Waals surface area (Å²) in [5, 5.41) is 21.5. The van der Waals surface area contributed by atoms with Crippen LogP contribution in [0.4, 0.5) is 4.79 Å². The van der Waals surface area contributed by atoms with E-state index in [1.165, 1.54) is 0 Å². The highest BCUT2D eigenvalue weighted by molar-refractivity contribution is 5.88. The Morgan fingerprint density at radius 3 is 2.39 bits per heavy atom. The normalized spacial score (nSPS) is 30.4. The monoisotopic (exact) mass is 256 g/mol. The van der Waals surface area contributed by atoms with E-state index in [0.29, 0.717) is 38.8 Å². The van der Waals surface area contributed by atoms with Gasteiger partial charge in [0.1, 0.15) is 5.54 Å². The molecule has 102 valence electrons. The number of hydrogen-bond acceptors (Lipinski definition) is 3. The molecule has 6 nitrogen and oxygen atoms in total. The van der Waals surface area contributed by atoms with E-state index in [0.717, 1.165) is 6.42 Å². The van der Waals surface area contributed by atoms with E-state index in [1.807, 2.05) is 0 Å². The highest BCUT2D eigenvalue weighted by Gasteiger charge is 2.52. The van der Waals surface area contributed by atoms with Crippen molar-refractivity contribution in [1.29, 1.82) is 0 Å². The van der Waals surface area contributed by atoms with Crippen LogP contribution < -0.4 is 5.32 Å². The molecule has 1 atom stereocenters. The lowest BCUT2D eigenvalue weighted by molar-refractivity contribution is -0.140. The largest absolute Gasteiger partial charge is 0.480 e. The number of carboxylic acids is 1. The molecule has 1 saturated carbocycles. The zero-order valence-electron chi connectivity index (χ0n) is 10.6. The lowest BCUT2D eigenvalue weighted by Crippen LogP contribution is -2.50. The van der Waals surface area contributed by atoms with E-state index < -0.39 is 17.1 Å². The summed E-state index contributed by atoms with van der Waals surface area (Å²) >= 11 is 0. The topological polar surface area (TPSA) is 89.9 Å². The number of likely N-dealkylation sites (tertiary alicyclic amines) is 1. The van der Waals surface area contributed by atoms with E-state index in [4.69, 9.17) is 5.11 Å². The van der Waals surface area contributed by atoms with Crippen molar-refractivity contribution in [2.24, 2.45) is 0 Å². The first kappa shape index (κ1) is 13.1. The van der Waals surface area contributed by atoms with Gasteiger partial charge in [0.2, 0.25) is 0 Å². The molecule has 1 aliphatic carbocycles. The molecular weight excluding hydrogens is 236 g/mol. The second kappa shape index (κ2) is 4.42.